The van der Waals surface area contributed by atoms with Gasteiger partial charge < -0.3 is 14.2 Å². The van der Waals surface area contributed by atoms with E-state index in [1.807, 2.05) is 0 Å². The number of Topliss-reactive ketones (excluding diaryl/α,β-unsaturated/α-hetero) is 1. The van der Waals surface area contributed by atoms with Crippen molar-refractivity contribution in [2.24, 2.45) is 0 Å². The second kappa shape index (κ2) is 3.74. The summed E-state index contributed by atoms with van der Waals surface area (Å²) in [5, 5.41) is 0. The van der Waals surface area contributed by atoms with Crippen molar-refractivity contribution < 1.29 is 19.0 Å². The molecule has 2 aliphatic heterocycles. The summed E-state index contributed by atoms with van der Waals surface area (Å²) in [7, 11) is 0. The molecular formula is C9H14O4. The molecule has 0 aromatic heterocycles. The topological polar surface area (TPSA) is 44.8 Å². The molecule has 0 aromatic carbocycles. The zero-order valence-electron chi connectivity index (χ0n) is 7.58. The van der Waals surface area contributed by atoms with Crippen molar-refractivity contribution in [2.45, 2.75) is 18.4 Å². The Bertz CT molecular complexity index is 194. The van der Waals surface area contributed by atoms with Crippen LogP contribution < -0.4 is 0 Å². The molecule has 13 heavy (non-hydrogen) atoms. The van der Waals surface area contributed by atoms with Gasteiger partial charge in [-0.15, -0.1) is 0 Å². The first-order valence-corrected chi connectivity index (χ1v) is 4.62. The number of carbonyl (C=O) groups excluding carboxylic acids is 1. The summed E-state index contributed by atoms with van der Waals surface area (Å²) in [4.78, 5) is 11.3. The fraction of sp³-hybridized carbons (Fsp3) is 0.889. The van der Waals surface area contributed by atoms with Crippen molar-refractivity contribution in [3.05, 3.63) is 0 Å². The fourth-order valence-corrected chi connectivity index (χ4v) is 1.74. The van der Waals surface area contributed by atoms with Crippen LogP contribution in [-0.4, -0.2) is 44.4 Å². The van der Waals surface area contributed by atoms with Gasteiger partial charge in [0.05, 0.1) is 33.0 Å². The third kappa shape index (κ3) is 2.07. The predicted octanol–water partition coefficient (Wildman–Crippen LogP) is 0.151. The molecule has 2 saturated heterocycles. The molecular weight excluding hydrogens is 172 g/mol. The number of hydrogen-bond acceptors (Lipinski definition) is 4. The molecule has 0 saturated carbocycles. The maximum absolute atomic E-state index is 11.3. The summed E-state index contributed by atoms with van der Waals surface area (Å²) in [6.07, 6.45) is 0.967. The third-order valence-electron chi connectivity index (χ3n) is 2.41. The average molecular weight is 186 g/mol. The van der Waals surface area contributed by atoms with E-state index < -0.39 is 5.60 Å². The third-order valence-corrected chi connectivity index (χ3v) is 2.41. The number of ether oxygens (including phenoxy) is 3. The van der Waals surface area contributed by atoms with Crippen LogP contribution in [0.15, 0.2) is 0 Å². The highest BCUT2D eigenvalue weighted by atomic mass is 16.6. The second-order valence-corrected chi connectivity index (χ2v) is 3.60. The SMILES string of the molecule is O=C1CCOC2(COCCOC2)C1. The van der Waals surface area contributed by atoms with E-state index in [1.165, 1.54) is 0 Å². The molecule has 0 amide bonds. The quantitative estimate of drug-likeness (QED) is 0.540. The number of carbonyl (C=O) groups is 1. The van der Waals surface area contributed by atoms with E-state index >= 15 is 0 Å². The summed E-state index contributed by atoms with van der Waals surface area (Å²) < 4.78 is 16.3. The summed E-state index contributed by atoms with van der Waals surface area (Å²) in [6, 6.07) is 0. The molecule has 0 unspecified atom stereocenters. The lowest BCUT2D eigenvalue weighted by Crippen LogP contribution is -2.46. The van der Waals surface area contributed by atoms with Gasteiger partial charge in [-0.1, -0.05) is 0 Å². The van der Waals surface area contributed by atoms with Crippen molar-refractivity contribution in [1.82, 2.24) is 0 Å². The van der Waals surface area contributed by atoms with Crippen LogP contribution in [0.5, 0.6) is 0 Å². The smallest absolute Gasteiger partial charge is 0.138 e. The van der Waals surface area contributed by atoms with Crippen LogP contribution in [0.4, 0.5) is 0 Å². The normalized spacial score (nSPS) is 28.8. The summed E-state index contributed by atoms with van der Waals surface area (Å²) >= 11 is 0. The molecule has 74 valence electrons. The van der Waals surface area contributed by atoms with Crippen molar-refractivity contribution in [3.63, 3.8) is 0 Å². The van der Waals surface area contributed by atoms with Crippen molar-refractivity contribution in [3.8, 4) is 0 Å². The molecule has 4 heteroatoms. The molecule has 2 heterocycles. The van der Waals surface area contributed by atoms with Gasteiger partial charge in [0.25, 0.3) is 0 Å². The zero-order valence-corrected chi connectivity index (χ0v) is 7.58. The van der Waals surface area contributed by atoms with E-state index in [2.05, 4.69) is 0 Å². The van der Waals surface area contributed by atoms with E-state index in [0.29, 0.717) is 45.9 Å². The lowest BCUT2D eigenvalue weighted by molar-refractivity contribution is -0.155. The predicted molar refractivity (Wildman–Crippen MR) is 44.6 cm³/mol. The van der Waals surface area contributed by atoms with Gasteiger partial charge in [0.2, 0.25) is 0 Å². The largest absolute Gasteiger partial charge is 0.376 e. The van der Waals surface area contributed by atoms with Crippen LogP contribution >= 0.6 is 0 Å². The minimum Gasteiger partial charge on any atom is -0.376 e. The molecule has 0 aromatic rings. The summed E-state index contributed by atoms with van der Waals surface area (Å²) in [6.45, 7) is 2.67. The Hall–Kier alpha value is -0.450. The molecule has 2 aliphatic rings. The molecule has 0 bridgehead atoms. The summed E-state index contributed by atoms with van der Waals surface area (Å²) in [5.74, 6) is 0.250. The van der Waals surface area contributed by atoms with Gasteiger partial charge in [0.15, 0.2) is 0 Å². The molecule has 0 radical (unpaired) electrons. The van der Waals surface area contributed by atoms with Crippen LogP contribution in [0, 0.1) is 0 Å². The fourth-order valence-electron chi connectivity index (χ4n) is 1.74. The Morgan fingerprint density at radius 2 is 1.77 bits per heavy atom. The molecule has 2 rings (SSSR count). The van der Waals surface area contributed by atoms with Crippen LogP contribution in [0.3, 0.4) is 0 Å². The van der Waals surface area contributed by atoms with E-state index in [1.54, 1.807) is 0 Å². The Labute approximate surface area is 77.1 Å². The molecule has 0 atom stereocenters. The standard InChI is InChI=1S/C9H14O4/c10-8-1-2-13-9(5-8)6-11-3-4-12-7-9/h1-7H2. The maximum Gasteiger partial charge on any atom is 0.138 e. The van der Waals surface area contributed by atoms with Gasteiger partial charge >= 0.3 is 0 Å². The lowest BCUT2D eigenvalue weighted by Gasteiger charge is -2.34. The number of rotatable bonds is 0. The van der Waals surface area contributed by atoms with Crippen molar-refractivity contribution >= 4 is 5.78 Å². The first kappa shape index (κ1) is 9.12. The van der Waals surface area contributed by atoms with Gasteiger partial charge in [0, 0.05) is 12.8 Å². The summed E-state index contributed by atoms with van der Waals surface area (Å²) in [5.41, 5.74) is -0.480. The highest BCUT2D eigenvalue weighted by Crippen LogP contribution is 2.25. The zero-order chi connectivity index (χ0) is 9.15. The Balaban J connectivity index is 2.02. The molecule has 4 nitrogen and oxygen atoms in total. The van der Waals surface area contributed by atoms with E-state index in [4.69, 9.17) is 14.2 Å². The van der Waals surface area contributed by atoms with Gasteiger partial charge in [-0.05, 0) is 0 Å². The van der Waals surface area contributed by atoms with E-state index in [-0.39, 0.29) is 5.78 Å². The van der Waals surface area contributed by atoms with E-state index in [0.717, 1.165) is 0 Å². The van der Waals surface area contributed by atoms with Crippen molar-refractivity contribution in [1.29, 1.82) is 0 Å². The van der Waals surface area contributed by atoms with Crippen molar-refractivity contribution in [2.75, 3.05) is 33.0 Å². The molecule has 2 fully saturated rings. The highest BCUT2D eigenvalue weighted by molar-refractivity contribution is 5.80. The molecule has 0 aliphatic carbocycles. The first-order chi connectivity index (χ1) is 6.31. The van der Waals surface area contributed by atoms with Gasteiger partial charge in [-0.25, -0.2) is 0 Å². The average Bonchev–Trinajstić information content (AvgIpc) is 2.31. The monoisotopic (exact) mass is 186 g/mol. The lowest BCUT2D eigenvalue weighted by atomic mass is 9.95. The minimum absolute atomic E-state index is 0.250. The minimum atomic E-state index is -0.480. The Morgan fingerprint density at radius 3 is 2.38 bits per heavy atom. The Morgan fingerprint density at radius 1 is 1.08 bits per heavy atom. The van der Waals surface area contributed by atoms with Gasteiger partial charge in [-0.2, -0.15) is 0 Å². The number of hydrogen-bond donors (Lipinski definition) is 0. The number of ketones is 1. The van der Waals surface area contributed by atoms with Crippen LogP contribution in [0.2, 0.25) is 0 Å². The van der Waals surface area contributed by atoms with Crippen LogP contribution in [0.25, 0.3) is 0 Å². The van der Waals surface area contributed by atoms with Gasteiger partial charge in [-0.3, -0.25) is 4.79 Å². The van der Waals surface area contributed by atoms with Gasteiger partial charge in [0.1, 0.15) is 11.4 Å². The highest BCUT2D eigenvalue weighted by Gasteiger charge is 2.38. The molecule has 0 N–H and O–H groups in total. The van der Waals surface area contributed by atoms with Crippen LogP contribution in [-0.2, 0) is 19.0 Å². The second-order valence-electron chi connectivity index (χ2n) is 3.60. The van der Waals surface area contributed by atoms with E-state index in [9.17, 15) is 4.79 Å². The maximum atomic E-state index is 11.3. The first-order valence-electron chi connectivity index (χ1n) is 4.62. The Kier molecular flexibility index (Phi) is 2.62. The van der Waals surface area contributed by atoms with Crippen LogP contribution in [0.1, 0.15) is 12.8 Å². The molecule has 1 spiro atoms.